The summed E-state index contributed by atoms with van der Waals surface area (Å²) in [6.07, 6.45) is 1.53. The molecule has 0 aromatic heterocycles. The molecule has 2 rings (SSSR count). The first-order chi connectivity index (χ1) is 9.94. The van der Waals surface area contributed by atoms with Crippen molar-refractivity contribution in [3.63, 3.8) is 0 Å². The molecule has 9 nitrogen and oxygen atoms in total. The highest BCUT2D eigenvalue weighted by molar-refractivity contribution is 7.89. The van der Waals surface area contributed by atoms with E-state index in [4.69, 9.17) is 10.6 Å². The largest absolute Gasteiger partial charge is 0.377 e. The zero-order valence-corrected chi connectivity index (χ0v) is 11.9. The molecule has 1 aromatic rings. The van der Waals surface area contributed by atoms with Gasteiger partial charge in [-0.25, -0.2) is 13.1 Å². The molecule has 0 saturated carbocycles. The molecular formula is C11H16N4O5S. The van der Waals surface area contributed by atoms with Gasteiger partial charge in [-0.1, -0.05) is 0 Å². The van der Waals surface area contributed by atoms with E-state index < -0.39 is 20.6 Å². The van der Waals surface area contributed by atoms with Gasteiger partial charge in [0, 0.05) is 19.2 Å². The van der Waals surface area contributed by atoms with E-state index in [0.717, 1.165) is 18.9 Å². The molecule has 1 aromatic carbocycles. The number of nitrogens with one attached hydrogen (secondary N) is 2. The highest BCUT2D eigenvalue weighted by Gasteiger charge is 2.23. The molecule has 1 saturated heterocycles. The summed E-state index contributed by atoms with van der Waals surface area (Å²) >= 11 is 0. The zero-order valence-electron chi connectivity index (χ0n) is 11.1. The van der Waals surface area contributed by atoms with Gasteiger partial charge in [-0.15, -0.1) is 0 Å². The summed E-state index contributed by atoms with van der Waals surface area (Å²) in [6.45, 7) is 0.766. The van der Waals surface area contributed by atoms with Crippen molar-refractivity contribution in [2.75, 3.05) is 18.6 Å². The molecule has 1 aliphatic heterocycles. The Morgan fingerprint density at radius 3 is 2.81 bits per heavy atom. The van der Waals surface area contributed by atoms with E-state index >= 15 is 0 Å². The van der Waals surface area contributed by atoms with Crippen molar-refractivity contribution in [3.8, 4) is 0 Å². The summed E-state index contributed by atoms with van der Waals surface area (Å²) in [7, 11) is -3.83. The predicted octanol–water partition coefficient (Wildman–Crippen LogP) is 0.338. The predicted molar refractivity (Wildman–Crippen MR) is 75.1 cm³/mol. The van der Waals surface area contributed by atoms with Crippen LogP contribution < -0.4 is 16.0 Å². The maximum absolute atomic E-state index is 12.1. The van der Waals surface area contributed by atoms with Crippen molar-refractivity contribution in [2.45, 2.75) is 23.8 Å². The van der Waals surface area contributed by atoms with E-state index in [1.165, 1.54) is 12.1 Å². The van der Waals surface area contributed by atoms with Crippen molar-refractivity contribution in [1.29, 1.82) is 0 Å². The molecule has 0 aliphatic carbocycles. The summed E-state index contributed by atoms with van der Waals surface area (Å²) < 4.78 is 32.0. The Hall–Kier alpha value is -1.75. The van der Waals surface area contributed by atoms with Crippen molar-refractivity contribution in [1.82, 2.24) is 4.72 Å². The fourth-order valence-corrected chi connectivity index (χ4v) is 3.13. The van der Waals surface area contributed by atoms with Crippen LogP contribution in [0.4, 0.5) is 11.4 Å². The number of hydrogen-bond acceptors (Lipinski definition) is 7. The number of ether oxygens (including phenoxy) is 1. The number of benzene rings is 1. The molecule has 1 unspecified atom stereocenters. The van der Waals surface area contributed by atoms with Crippen LogP contribution in [0.15, 0.2) is 23.1 Å². The zero-order chi connectivity index (χ0) is 15.5. The number of anilines is 1. The summed E-state index contributed by atoms with van der Waals surface area (Å²) in [5.74, 6) is 5.15. The Morgan fingerprint density at radius 2 is 2.24 bits per heavy atom. The van der Waals surface area contributed by atoms with E-state index in [2.05, 4.69) is 10.1 Å². The number of nitrogens with two attached hydrogens (primary N) is 1. The lowest BCUT2D eigenvalue weighted by Gasteiger charge is -2.12. The third-order valence-corrected chi connectivity index (χ3v) is 4.58. The molecule has 0 spiro atoms. The van der Waals surface area contributed by atoms with Crippen molar-refractivity contribution >= 4 is 21.4 Å². The summed E-state index contributed by atoms with van der Waals surface area (Å²) in [5.41, 5.74) is 1.79. The number of nitrogens with zero attached hydrogens (tertiary/aromatic N) is 1. The van der Waals surface area contributed by atoms with E-state index in [0.29, 0.717) is 6.61 Å². The van der Waals surface area contributed by atoms with E-state index in [1.807, 2.05) is 0 Å². The Balaban J connectivity index is 2.18. The summed E-state index contributed by atoms with van der Waals surface area (Å²) in [4.78, 5) is 10.0. The monoisotopic (exact) mass is 316 g/mol. The lowest BCUT2D eigenvalue weighted by Crippen LogP contribution is -2.31. The SMILES string of the molecule is NNc1ccc(S(=O)(=O)NCC2CCCO2)cc1[N+](=O)[O-]. The minimum Gasteiger partial charge on any atom is -0.377 e. The number of hydrazine groups is 1. The van der Waals surface area contributed by atoms with Crippen molar-refractivity contribution < 1.29 is 18.1 Å². The van der Waals surface area contributed by atoms with Crippen molar-refractivity contribution in [2.24, 2.45) is 5.84 Å². The Bertz CT molecular complexity index is 628. The molecule has 0 radical (unpaired) electrons. The number of rotatable bonds is 6. The number of sulfonamides is 1. The molecular weight excluding hydrogens is 300 g/mol. The van der Waals surface area contributed by atoms with Crippen LogP contribution in [0.5, 0.6) is 0 Å². The standard InChI is InChI=1S/C11H16N4O5S/c12-14-10-4-3-9(6-11(10)15(16)17)21(18,19)13-7-8-2-1-5-20-8/h3-4,6,8,13-14H,1-2,5,7,12H2. The third kappa shape index (κ3) is 3.67. The second kappa shape index (κ2) is 6.35. The van der Waals surface area contributed by atoms with Gasteiger partial charge in [-0.05, 0) is 25.0 Å². The van der Waals surface area contributed by atoms with Gasteiger partial charge in [0.2, 0.25) is 10.0 Å². The fourth-order valence-electron chi connectivity index (χ4n) is 2.04. The Morgan fingerprint density at radius 1 is 1.48 bits per heavy atom. The maximum atomic E-state index is 12.1. The highest BCUT2D eigenvalue weighted by Crippen LogP contribution is 2.26. The van der Waals surface area contributed by atoms with Crippen LogP contribution in [0.1, 0.15) is 12.8 Å². The number of hydrogen-bond donors (Lipinski definition) is 3. The van der Waals surface area contributed by atoms with E-state index in [9.17, 15) is 18.5 Å². The fraction of sp³-hybridized carbons (Fsp3) is 0.455. The van der Waals surface area contributed by atoms with Gasteiger partial charge in [-0.3, -0.25) is 16.0 Å². The molecule has 10 heteroatoms. The van der Waals surface area contributed by atoms with Gasteiger partial charge in [0.1, 0.15) is 5.69 Å². The molecule has 1 heterocycles. The molecule has 116 valence electrons. The Kier molecular flexibility index (Phi) is 4.73. The van der Waals surface area contributed by atoms with Crippen molar-refractivity contribution in [3.05, 3.63) is 28.3 Å². The first-order valence-corrected chi connectivity index (χ1v) is 7.78. The van der Waals surface area contributed by atoms with Gasteiger partial charge in [0.25, 0.3) is 5.69 Å². The molecule has 0 amide bonds. The molecule has 1 aliphatic rings. The average Bonchev–Trinajstić information content (AvgIpc) is 2.97. The lowest BCUT2D eigenvalue weighted by molar-refractivity contribution is -0.384. The summed E-state index contributed by atoms with van der Waals surface area (Å²) in [5, 5.41) is 10.9. The first-order valence-electron chi connectivity index (χ1n) is 6.30. The quantitative estimate of drug-likeness (QED) is 0.391. The van der Waals surface area contributed by atoms with Crippen LogP contribution in [0, 0.1) is 10.1 Å². The second-order valence-electron chi connectivity index (χ2n) is 4.57. The third-order valence-electron chi connectivity index (χ3n) is 3.16. The highest BCUT2D eigenvalue weighted by atomic mass is 32.2. The van der Waals surface area contributed by atoms with Crippen LogP contribution in [-0.4, -0.2) is 32.6 Å². The van der Waals surface area contributed by atoms with Gasteiger partial charge in [0.15, 0.2) is 0 Å². The molecule has 4 N–H and O–H groups in total. The van der Waals surface area contributed by atoms with Crippen LogP contribution >= 0.6 is 0 Å². The molecule has 21 heavy (non-hydrogen) atoms. The number of nitro benzene ring substituents is 1. The van der Waals surface area contributed by atoms with Crippen LogP contribution in [0.2, 0.25) is 0 Å². The maximum Gasteiger partial charge on any atom is 0.294 e. The van der Waals surface area contributed by atoms with Crippen LogP contribution in [0.3, 0.4) is 0 Å². The van der Waals surface area contributed by atoms with Gasteiger partial charge in [-0.2, -0.15) is 0 Å². The van der Waals surface area contributed by atoms with Gasteiger partial charge >= 0.3 is 0 Å². The van der Waals surface area contributed by atoms with Crippen LogP contribution in [-0.2, 0) is 14.8 Å². The first kappa shape index (κ1) is 15.6. The summed E-state index contributed by atoms with van der Waals surface area (Å²) in [6, 6.07) is 3.46. The lowest BCUT2D eigenvalue weighted by atomic mass is 10.2. The molecule has 1 atom stereocenters. The van der Waals surface area contributed by atoms with Gasteiger partial charge in [0.05, 0.1) is 15.9 Å². The van der Waals surface area contributed by atoms with Crippen LogP contribution in [0.25, 0.3) is 0 Å². The molecule has 1 fully saturated rings. The molecule has 0 bridgehead atoms. The number of nitro groups is 1. The minimum atomic E-state index is -3.83. The Labute approximate surface area is 121 Å². The van der Waals surface area contributed by atoms with Gasteiger partial charge < -0.3 is 10.2 Å². The average molecular weight is 316 g/mol. The minimum absolute atomic E-state index is 0.0399. The topological polar surface area (TPSA) is 137 Å². The second-order valence-corrected chi connectivity index (χ2v) is 6.33. The normalized spacial score (nSPS) is 18.6. The number of nitrogen functional groups attached to an aromatic ring is 1. The van der Waals surface area contributed by atoms with E-state index in [-0.39, 0.29) is 23.2 Å². The smallest absolute Gasteiger partial charge is 0.294 e. The van der Waals surface area contributed by atoms with E-state index in [1.54, 1.807) is 0 Å².